The van der Waals surface area contributed by atoms with Crippen LogP contribution >= 0.6 is 11.6 Å². The molecule has 1 saturated carbocycles. The van der Waals surface area contributed by atoms with E-state index in [0.29, 0.717) is 24.0 Å². The molecule has 1 aromatic heterocycles. The largest absolute Gasteiger partial charge is 0.355 e. The number of nitrogens with one attached hydrogen (secondary N) is 1. The molecule has 4 heteroatoms. The highest BCUT2D eigenvalue weighted by Crippen LogP contribution is 2.41. The van der Waals surface area contributed by atoms with Gasteiger partial charge in [-0.15, -0.1) is 0 Å². The van der Waals surface area contributed by atoms with E-state index in [4.69, 9.17) is 11.6 Å². The zero-order chi connectivity index (χ0) is 10.8. The van der Waals surface area contributed by atoms with Crippen molar-refractivity contribution in [1.29, 1.82) is 0 Å². The summed E-state index contributed by atoms with van der Waals surface area (Å²) in [6.07, 6.45) is 3.11. The number of hydrogen-bond acceptors (Lipinski definition) is 2. The second-order valence-electron chi connectivity index (χ2n) is 3.89. The molecule has 1 amide bonds. The van der Waals surface area contributed by atoms with Crippen LogP contribution in [0.4, 0.5) is 0 Å². The number of carbonyl (C=O) groups excluding carboxylic acids is 1. The molecule has 0 bridgehead atoms. The smallest absolute Gasteiger partial charge is 0.207 e. The van der Waals surface area contributed by atoms with Crippen molar-refractivity contribution in [3.8, 4) is 0 Å². The normalized spacial score (nSPS) is 15.1. The molecule has 1 heterocycles. The number of hydrogen-bond donors (Lipinski definition) is 1. The Morgan fingerprint density at radius 1 is 1.67 bits per heavy atom. The molecule has 1 aliphatic rings. The van der Waals surface area contributed by atoms with Gasteiger partial charge in [0.2, 0.25) is 6.41 Å². The molecule has 0 radical (unpaired) electrons. The third kappa shape index (κ3) is 2.29. The van der Waals surface area contributed by atoms with Crippen molar-refractivity contribution in [3.05, 3.63) is 28.0 Å². The Balaban J connectivity index is 2.31. The summed E-state index contributed by atoms with van der Waals surface area (Å²) in [5.74, 6) is 0.582. The van der Waals surface area contributed by atoms with Crippen LogP contribution in [0.25, 0.3) is 0 Å². The molecule has 1 aliphatic carbocycles. The number of carbonyl (C=O) groups is 1. The van der Waals surface area contributed by atoms with Crippen LogP contribution in [0.3, 0.4) is 0 Å². The number of aromatic nitrogens is 1. The summed E-state index contributed by atoms with van der Waals surface area (Å²) in [5.41, 5.74) is 3.32. The number of nitrogens with zero attached hydrogens (tertiary/aromatic N) is 1. The van der Waals surface area contributed by atoms with Crippen molar-refractivity contribution in [2.24, 2.45) is 0 Å². The molecule has 0 unspecified atom stereocenters. The van der Waals surface area contributed by atoms with Crippen molar-refractivity contribution < 1.29 is 4.79 Å². The van der Waals surface area contributed by atoms with Gasteiger partial charge in [0, 0.05) is 18.2 Å². The lowest BCUT2D eigenvalue weighted by atomic mass is 10.1. The maximum Gasteiger partial charge on any atom is 0.207 e. The van der Waals surface area contributed by atoms with E-state index in [1.807, 2.05) is 13.0 Å². The molecule has 0 saturated heterocycles. The molecular formula is C11H13ClN2O. The Bertz CT molecular complexity index is 388. The monoisotopic (exact) mass is 224 g/mol. The van der Waals surface area contributed by atoms with E-state index in [2.05, 4.69) is 10.3 Å². The van der Waals surface area contributed by atoms with E-state index in [1.54, 1.807) is 0 Å². The highest BCUT2D eigenvalue weighted by molar-refractivity contribution is 6.29. The van der Waals surface area contributed by atoms with Crippen LogP contribution in [0.2, 0.25) is 5.15 Å². The van der Waals surface area contributed by atoms with Crippen molar-refractivity contribution >= 4 is 18.0 Å². The van der Waals surface area contributed by atoms with Crippen LogP contribution in [-0.4, -0.2) is 11.4 Å². The van der Waals surface area contributed by atoms with Gasteiger partial charge in [0.15, 0.2) is 0 Å². The summed E-state index contributed by atoms with van der Waals surface area (Å²) in [6, 6.07) is 1.82. The van der Waals surface area contributed by atoms with E-state index in [9.17, 15) is 4.79 Å². The molecular weight excluding hydrogens is 212 g/mol. The van der Waals surface area contributed by atoms with Gasteiger partial charge in [-0.3, -0.25) is 4.79 Å². The van der Waals surface area contributed by atoms with E-state index in [1.165, 1.54) is 12.8 Å². The van der Waals surface area contributed by atoms with E-state index >= 15 is 0 Å². The summed E-state index contributed by atoms with van der Waals surface area (Å²) in [7, 11) is 0. The van der Waals surface area contributed by atoms with Gasteiger partial charge in [-0.25, -0.2) is 4.98 Å². The molecule has 15 heavy (non-hydrogen) atoms. The van der Waals surface area contributed by atoms with Crippen molar-refractivity contribution in [2.75, 3.05) is 0 Å². The molecule has 0 spiro atoms. The first-order valence-electron chi connectivity index (χ1n) is 5.05. The quantitative estimate of drug-likeness (QED) is 0.629. The molecule has 0 aliphatic heterocycles. The predicted molar refractivity (Wildman–Crippen MR) is 58.9 cm³/mol. The zero-order valence-electron chi connectivity index (χ0n) is 8.59. The summed E-state index contributed by atoms with van der Waals surface area (Å²) in [6.45, 7) is 2.57. The average Bonchev–Trinajstić information content (AvgIpc) is 3.02. The molecule has 1 aromatic rings. The Hall–Kier alpha value is -1.09. The minimum absolute atomic E-state index is 0.519. The lowest BCUT2D eigenvalue weighted by molar-refractivity contribution is -0.109. The van der Waals surface area contributed by atoms with Crippen LogP contribution < -0.4 is 5.32 Å². The fourth-order valence-electron chi connectivity index (χ4n) is 1.74. The molecule has 0 aromatic carbocycles. The summed E-state index contributed by atoms with van der Waals surface area (Å²) in [4.78, 5) is 14.6. The highest BCUT2D eigenvalue weighted by Gasteiger charge is 2.27. The van der Waals surface area contributed by atoms with Crippen LogP contribution in [0.15, 0.2) is 6.07 Å². The second kappa shape index (κ2) is 4.19. The van der Waals surface area contributed by atoms with E-state index in [0.717, 1.165) is 16.8 Å². The molecule has 0 atom stereocenters. The molecule has 80 valence electrons. The van der Waals surface area contributed by atoms with E-state index in [-0.39, 0.29) is 0 Å². The Morgan fingerprint density at radius 2 is 2.40 bits per heavy atom. The molecule has 2 rings (SSSR count). The number of amides is 1. The van der Waals surface area contributed by atoms with Crippen LogP contribution in [0.5, 0.6) is 0 Å². The Morgan fingerprint density at radius 3 is 3.00 bits per heavy atom. The number of pyridine rings is 1. The molecule has 3 nitrogen and oxygen atoms in total. The number of halogens is 1. The Kier molecular flexibility index (Phi) is 2.91. The third-order valence-corrected chi connectivity index (χ3v) is 2.92. The summed E-state index contributed by atoms with van der Waals surface area (Å²) >= 11 is 5.95. The van der Waals surface area contributed by atoms with E-state index < -0.39 is 0 Å². The topological polar surface area (TPSA) is 42.0 Å². The lowest BCUT2D eigenvalue weighted by Crippen LogP contribution is -2.12. The predicted octanol–water partition coefficient (Wildman–Crippen LogP) is 2.17. The van der Waals surface area contributed by atoms with Crippen LogP contribution in [-0.2, 0) is 11.3 Å². The van der Waals surface area contributed by atoms with Gasteiger partial charge < -0.3 is 5.32 Å². The van der Waals surface area contributed by atoms with Gasteiger partial charge in [0.1, 0.15) is 5.15 Å². The zero-order valence-corrected chi connectivity index (χ0v) is 9.34. The number of rotatable bonds is 4. The van der Waals surface area contributed by atoms with Crippen LogP contribution in [0, 0.1) is 6.92 Å². The molecule has 1 N–H and O–H groups in total. The van der Waals surface area contributed by atoms with Gasteiger partial charge in [-0.2, -0.15) is 0 Å². The minimum atomic E-state index is 0.519. The van der Waals surface area contributed by atoms with Gasteiger partial charge in [-0.05, 0) is 37.0 Å². The van der Waals surface area contributed by atoms with Gasteiger partial charge >= 0.3 is 0 Å². The minimum Gasteiger partial charge on any atom is -0.355 e. The average molecular weight is 225 g/mol. The lowest BCUT2D eigenvalue weighted by Gasteiger charge is -2.10. The first kappa shape index (κ1) is 10.4. The Labute approximate surface area is 93.8 Å². The highest BCUT2D eigenvalue weighted by atomic mass is 35.5. The maximum atomic E-state index is 10.2. The first-order valence-corrected chi connectivity index (χ1v) is 5.43. The summed E-state index contributed by atoms with van der Waals surface area (Å²) < 4.78 is 0. The van der Waals surface area contributed by atoms with Gasteiger partial charge in [0.25, 0.3) is 0 Å². The van der Waals surface area contributed by atoms with Gasteiger partial charge in [0.05, 0.1) is 0 Å². The summed E-state index contributed by atoms with van der Waals surface area (Å²) in [5, 5.41) is 3.17. The standard InChI is InChI=1S/C11H13ClN2O/c1-7-9(5-13-6-15)4-10(12)14-11(7)8-2-3-8/h4,6,8H,2-3,5H2,1H3,(H,13,15). The first-order chi connectivity index (χ1) is 7.22. The fourth-order valence-corrected chi connectivity index (χ4v) is 1.96. The SMILES string of the molecule is Cc1c(CNC=O)cc(Cl)nc1C1CC1. The fraction of sp³-hybridized carbons (Fsp3) is 0.455. The molecule has 1 fully saturated rings. The van der Waals surface area contributed by atoms with Crippen molar-refractivity contribution in [3.63, 3.8) is 0 Å². The third-order valence-electron chi connectivity index (χ3n) is 2.73. The maximum absolute atomic E-state index is 10.2. The van der Waals surface area contributed by atoms with Crippen LogP contribution in [0.1, 0.15) is 35.6 Å². The van der Waals surface area contributed by atoms with Crippen molar-refractivity contribution in [1.82, 2.24) is 10.3 Å². The second-order valence-corrected chi connectivity index (χ2v) is 4.27. The van der Waals surface area contributed by atoms with Crippen molar-refractivity contribution in [2.45, 2.75) is 32.2 Å². The van der Waals surface area contributed by atoms with Gasteiger partial charge in [-0.1, -0.05) is 11.6 Å².